The van der Waals surface area contributed by atoms with Crippen molar-refractivity contribution in [2.75, 3.05) is 0 Å². The van der Waals surface area contributed by atoms with E-state index in [9.17, 15) is 46.4 Å². The second-order valence-electron chi connectivity index (χ2n) is 6.43. The third kappa shape index (κ3) is 4.80. The number of non-ortho nitro benzene ring substituents is 1. The second-order valence-corrected chi connectivity index (χ2v) is 9.30. The highest BCUT2D eigenvalue weighted by atomic mass is 32.2. The number of azo groups is 1. The molecule has 0 spiro atoms. The number of rotatable bonds is 6. The van der Waals surface area contributed by atoms with Crippen LogP contribution in [-0.2, 0) is 26.7 Å². The molecule has 2 N–H and O–H groups in total. The summed E-state index contributed by atoms with van der Waals surface area (Å²) in [5.74, 6) is -1.11. The van der Waals surface area contributed by atoms with E-state index in [1.54, 1.807) is 0 Å². The van der Waals surface area contributed by atoms with Gasteiger partial charge in [0.05, 0.1) is 20.8 Å². The first-order valence-corrected chi connectivity index (χ1v) is 11.3. The van der Waals surface area contributed by atoms with Crippen molar-refractivity contribution in [3.8, 4) is 0 Å². The summed E-state index contributed by atoms with van der Waals surface area (Å²) in [6, 6.07) is 5.00. The highest BCUT2D eigenvalue weighted by Gasteiger charge is 2.33. The van der Waals surface area contributed by atoms with E-state index >= 15 is 0 Å². The Kier molecular flexibility index (Phi) is 5.90. The average molecular weight is 498 g/mol. The fraction of sp³-hybridized carbons (Fsp3) is 0.0625. The topological polar surface area (TPSA) is 237 Å². The molecule has 15 nitrogen and oxygen atoms in total. The summed E-state index contributed by atoms with van der Waals surface area (Å²) in [4.78, 5) is 31.3. The highest BCUT2D eigenvalue weighted by Crippen LogP contribution is 2.35. The van der Waals surface area contributed by atoms with Crippen LogP contribution in [0.1, 0.15) is 15.9 Å². The molecule has 0 aromatic heterocycles. The van der Waals surface area contributed by atoms with Crippen molar-refractivity contribution in [2.24, 2.45) is 10.2 Å². The predicted octanol–water partition coefficient (Wildman–Crippen LogP) is 2.37. The Labute approximate surface area is 183 Å². The Balaban J connectivity index is 2.15. The standard InChI is InChI=1S/C16H10N4O11S2/c21-16-11-3-2-10(32(26,27)28)5-8(11)6-14(33(29,30)31)15(16)18-17-12-4-1-9(19(22)23)7-13(12)20(24)25/h1-5,7H,6H2,(H,26,27,28)(H,29,30,31). The monoisotopic (exact) mass is 498 g/mol. The van der Waals surface area contributed by atoms with Gasteiger partial charge in [-0.2, -0.15) is 16.8 Å². The van der Waals surface area contributed by atoms with Gasteiger partial charge >= 0.3 is 5.69 Å². The van der Waals surface area contributed by atoms with Gasteiger partial charge in [-0.05, 0) is 29.8 Å². The zero-order valence-corrected chi connectivity index (χ0v) is 17.5. The Morgan fingerprint density at radius 2 is 1.55 bits per heavy atom. The van der Waals surface area contributed by atoms with E-state index in [1.165, 1.54) is 0 Å². The Bertz CT molecular complexity index is 1510. The van der Waals surface area contributed by atoms with Gasteiger partial charge in [0, 0.05) is 18.1 Å². The van der Waals surface area contributed by atoms with Crippen molar-refractivity contribution in [1.29, 1.82) is 0 Å². The van der Waals surface area contributed by atoms with Crippen LogP contribution in [0.25, 0.3) is 0 Å². The molecule has 1 aliphatic rings. The van der Waals surface area contributed by atoms with Gasteiger partial charge in [-0.15, -0.1) is 10.2 Å². The molecule has 172 valence electrons. The maximum Gasteiger partial charge on any atom is 0.303 e. The quantitative estimate of drug-likeness (QED) is 0.253. The molecule has 0 saturated carbocycles. The van der Waals surface area contributed by atoms with E-state index in [0.717, 1.165) is 30.3 Å². The summed E-state index contributed by atoms with van der Waals surface area (Å²) in [6.45, 7) is 0. The van der Waals surface area contributed by atoms with Crippen LogP contribution < -0.4 is 0 Å². The van der Waals surface area contributed by atoms with Crippen LogP contribution in [0.4, 0.5) is 17.1 Å². The van der Waals surface area contributed by atoms with Gasteiger partial charge in [-0.25, -0.2) is 0 Å². The summed E-state index contributed by atoms with van der Waals surface area (Å²) in [5, 5.41) is 28.9. The van der Waals surface area contributed by atoms with Crippen LogP contribution in [0.3, 0.4) is 0 Å². The number of nitro benzene ring substituents is 2. The molecule has 0 saturated heterocycles. The molecule has 33 heavy (non-hydrogen) atoms. The molecule has 0 aliphatic heterocycles. The van der Waals surface area contributed by atoms with Crippen molar-refractivity contribution >= 4 is 43.1 Å². The van der Waals surface area contributed by atoms with E-state index in [2.05, 4.69) is 10.2 Å². The summed E-state index contributed by atoms with van der Waals surface area (Å²) < 4.78 is 65.0. The number of allylic oxidation sites excluding steroid dienone is 2. The molecule has 17 heteroatoms. The van der Waals surface area contributed by atoms with E-state index < -0.39 is 74.8 Å². The minimum absolute atomic E-state index is 0.164. The predicted molar refractivity (Wildman–Crippen MR) is 107 cm³/mol. The van der Waals surface area contributed by atoms with Gasteiger partial charge in [0.25, 0.3) is 25.9 Å². The number of Topliss-reactive ketones (excluding diaryl/α,β-unsaturated/α-hetero) is 1. The van der Waals surface area contributed by atoms with E-state index in [1.807, 2.05) is 0 Å². The number of hydrogen-bond donors (Lipinski definition) is 2. The van der Waals surface area contributed by atoms with E-state index in [0.29, 0.717) is 6.07 Å². The summed E-state index contributed by atoms with van der Waals surface area (Å²) in [5.41, 5.74) is -3.32. The van der Waals surface area contributed by atoms with Crippen molar-refractivity contribution in [2.45, 2.75) is 11.3 Å². The lowest BCUT2D eigenvalue weighted by Crippen LogP contribution is -2.20. The molecule has 0 bridgehead atoms. The van der Waals surface area contributed by atoms with Gasteiger partial charge in [0.2, 0.25) is 5.78 Å². The van der Waals surface area contributed by atoms with Crippen LogP contribution in [0.15, 0.2) is 62.1 Å². The summed E-state index contributed by atoms with van der Waals surface area (Å²) >= 11 is 0. The Hall–Kier alpha value is -3.93. The molecule has 0 unspecified atom stereocenters. The van der Waals surface area contributed by atoms with Crippen molar-refractivity contribution in [3.63, 3.8) is 0 Å². The van der Waals surface area contributed by atoms with Crippen molar-refractivity contribution < 1.29 is 40.6 Å². The molecule has 0 atom stereocenters. The molecule has 3 rings (SSSR count). The molecular weight excluding hydrogens is 488 g/mol. The minimum atomic E-state index is -5.08. The lowest BCUT2D eigenvalue weighted by Gasteiger charge is -2.18. The second kappa shape index (κ2) is 8.20. The summed E-state index contributed by atoms with van der Waals surface area (Å²) in [7, 11) is -9.76. The van der Waals surface area contributed by atoms with Gasteiger partial charge in [-0.3, -0.25) is 34.1 Å². The molecule has 2 aromatic carbocycles. The number of hydrogen-bond acceptors (Lipinski definition) is 11. The highest BCUT2D eigenvalue weighted by molar-refractivity contribution is 7.89. The number of carbonyl (C=O) groups excluding carboxylic acids is 1. The fourth-order valence-corrected chi connectivity index (χ4v) is 4.13. The zero-order valence-electron chi connectivity index (χ0n) is 15.8. The first-order valence-electron chi connectivity index (χ1n) is 8.40. The van der Waals surface area contributed by atoms with Crippen LogP contribution in [-0.4, -0.2) is 41.6 Å². The molecule has 2 aromatic rings. The molecule has 1 aliphatic carbocycles. The number of nitro groups is 2. The number of benzene rings is 2. The minimum Gasteiger partial charge on any atom is -0.287 e. The number of carbonyl (C=O) groups is 1. The first kappa shape index (κ1) is 23.7. The Morgan fingerprint density at radius 3 is 2.09 bits per heavy atom. The lowest BCUT2D eigenvalue weighted by molar-refractivity contribution is -0.393. The van der Waals surface area contributed by atoms with Crippen LogP contribution >= 0.6 is 0 Å². The molecule has 0 fully saturated rings. The van der Waals surface area contributed by atoms with Gasteiger partial charge < -0.3 is 0 Å². The maximum absolute atomic E-state index is 12.8. The third-order valence-corrected chi connectivity index (χ3v) is 6.20. The van der Waals surface area contributed by atoms with E-state index in [4.69, 9.17) is 4.55 Å². The molecule has 0 amide bonds. The number of ketones is 1. The average Bonchev–Trinajstić information content (AvgIpc) is 2.70. The van der Waals surface area contributed by atoms with Gasteiger partial charge in [0.15, 0.2) is 11.4 Å². The summed E-state index contributed by atoms with van der Waals surface area (Å²) in [6.07, 6.45) is -0.708. The van der Waals surface area contributed by atoms with Crippen molar-refractivity contribution in [3.05, 3.63) is 78.4 Å². The van der Waals surface area contributed by atoms with Crippen LogP contribution in [0.2, 0.25) is 0 Å². The van der Waals surface area contributed by atoms with Gasteiger partial charge in [-0.1, -0.05) is 0 Å². The number of nitrogens with zero attached hydrogens (tertiary/aromatic N) is 4. The normalized spacial score (nSPS) is 14.4. The van der Waals surface area contributed by atoms with Crippen LogP contribution in [0, 0.1) is 20.2 Å². The largest absolute Gasteiger partial charge is 0.303 e. The molecule has 0 heterocycles. The lowest BCUT2D eigenvalue weighted by atomic mass is 9.94. The smallest absolute Gasteiger partial charge is 0.287 e. The Morgan fingerprint density at radius 1 is 0.879 bits per heavy atom. The van der Waals surface area contributed by atoms with Crippen molar-refractivity contribution in [1.82, 2.24) is 0 Å². The third-order valence-electron chi connectivity index (χ3n) is 4.39. The first-order chi connectivity index (χ1) is 15.2. The molecule has 0 radical (unpaired) electrons. The maximum atomic E-state index is 12.8. The van der Waals surface area contributed by atoms with Crippen LogP contribution in [0.5, 0.6) is 0 Å². The van der Waals surface area contributed by atoms with E-state index in [-0.39, 0.29) is 11.1 Å². The zero-order chi connectivity index (χ0) is 24.7. The van der Waals surface area contributed by atoms with Gasteiger partial charge in [0.1, 0.15) is 4.91 Å². The molecular formula is C16H10N4O11S2. The fourth-order valence-electron chi connectivity index (χ4n) is 2.88. The number of fused-ring (bicyclic) bond motifs is 1. The SMILES string of the molecule is O=C1C(N=Nc2ccc([N+](=O)[O-])cc2[N+](=O)[O-])=C(S(=O)(=O)O)Cc2cc(S(=O)(=O)O)ccc21.